The molecule has 0 atom stereocenters. The Bertz CT molecular complexity index is 655. The van der Waals surface area contributed by atoms with Crippen molar-refractivity contribution in [1.29, 1.82) is 0 Å². The van der Waals surface area contributed by atoms with E-state index in [0.717, 1.165) is 11.1 Å². The number of halogens is 3. The molecule has 1 aromatic heterocycles. The summed E-state index contributed by atoms with van der Waals surface area (Å²) < 4.78 is 15.4. The molecule has 1 heterocycles. The van der Waals surface area contributed by atoms with E-state index in [-0.39, 0.29) is 11.4 Å². The molecule has 0 saturated heterocycles. The van der Waals surface area contributed by atoms with Crippen LogP contribution in [0.2, 0.25) is 0 Å². The molecule has 1 aromatic carbocycles. The number of hydrogen-bond donors (Lipinski definition) is 0. The molecule has 0 amide bonds. The topological polar surface area (TPSA) is 34.9 Å². The highest BCUT2D eigenvalue weighted by Gasteiger charge is 2.08. The molecule has 0 aliphatic heterocycles. The molecule has 0 spiro atoms. The molecule has 0 bridgehead atoms. The minimum Gasteiger partial charge on any atom is -0.266 e. The molecule has 0 N–H and O–H groups in total. The summed E-state index contributed by atoms with van der Waals surface area (Å²) >= 11 is 6.41. The summed E-state index contributed by atoms with van der Waals surface area (Å²) in [5.41, 5.74) is 1.43. The minimum atomic E-state index is -0.284. The number of hydrogen-bond acceptors (Lipinski definition) is 2. The van der Waals surface area contributed by atoms with Gasteiger partial charge in [0.05, 0.1) is 17.2 Å². The molecule has 0 unspecified atom stereocenters. The average molecular weight is 376 g/mol. The van der Waals surface area contributed by atoms with E-state index in [2.05, 4.69) is 37.0 Å². The highest BCUT2D eigenvalue weighted by Crippen LogP contribution is 2.17. The van der Waals surface area contributed by atoms with E-state index in [1.165, 1.54) is 16.8 Å². The predicted octanol–water partition coefficient (Wildman–Crippen LogP) is 3.26. The summed E-state index contributed by atoms with van der Waals surface area (Å²) in [6, 6.07) is 4.48. The number of nitrogens with zero attached hydrogens (tertiary/aromatic N) is 2. The van der Waals surface area contributed by atoms with E-state index < -0.39 is 0 Å². The second-order valence-electron chi connectivity index (χ2n) is 3.84. The molecular formula is C12H9Br2FN2O. The first-order chi connectivity index (χ1) is 8.49. The first-order valence-corrected chi connectivity index (χ1v) is 6.74. The molecule has 0 aliphatic rings. The van der Waals surface area contributed by atoms with Gasteiger partial charge < -0.3 is 0 Å². The van der Waals surface area contributed by atoms with Crippen molar-refractivity contribution in [1.82, 2.24) is 9.78 Å². The van der Waals surface area contributed by atoms with Crippen molar-refractivity contribution in [2.75, 3.05) is 0 Å². The smallest absolute Gasteiger partial charge is 0.266 e. The lowest BCUT2D eigenvalue weighted by atomic mass is 10.1. The Balaban J connectivity index is 2.41. The molecule has 0 fully saturated rings. The van der Waals surface area contributed by atoms with Gasteiger partial charge in [0.1, 0.15) is 10.3 Å². The van der Waals surface area contributed by atoms with Crippen LogP contribution in [0.5, 0.6) is 0 Å². The standard InChI is InChI=1S/C12H9Br2FN2O/c1-7-4-9(15)3-2-8(7)6-17-12(18)11(14)10(13)5-16-17/h2-5H,6H2,1H3. The normalized spacial score (nSPS) is 10.7. The van der Waals surface area contributed by atoms with E-state index in [1.54, 1.807) is 19.2 Å². The van der Waals surface area contributed by atoms with E-state index >= 15 is 0 Å². The summed E-state index contributed by atoms with van der Waals surface area (Å²) in [6.45, 7) is 2.12. The van der Waals surface area contributed by atoms with Crippen LogP contribution < -0.4 is 5.56 Å². The highest BCUT2D eigenvalue weighted by molar-refractivity contribution is 9.13. The minimum absolute atomic E-state index is 0.229. The maximum absolute atomic E-state index is 13.0. The molecule has 3 nitrogen and oxygen atoms in total. The van der Waals surface area contributed by atoms with Crippen molar-refractivity contribution in [2.24, 2.45) is 0 Å². The van der Waals surface area contributed by atoms with Crippen LogP contribution in [-0.4, -0.2) is 9.78 Å². The third-order valence-corrected chi connectivity index (χ3v) is 4.47. The lowest BCUT2D eigenvalue weighted by Crippen LogP contribution is -2.24. The van der Waals surface area contributed by atoms with Gasteiger partial charge in [0.15, 0.2) is 0 Å². The van der Waals surface area contributed by atoms with E-state index in [1.807, 2.05) is 0 Å². The molecule has 94 valence electrons. The van der Waals surface area contributed by atoms with Crippen LogP contribution in [0.25, 0.3) is 0 Å². The molecular weight excluding hydrogens is 367 g/mol. The molecule has 0 radical (unpaired) electrons. The van der Waals surface area contributed by atoms with Crippen molar-refractivity contribution in [2.45, 2.75) is 13.5 Å². The van der Waals surface area contributed by atoms with E-state index in [4.69, 9.17) is 0 Å². The molecule has 2 aromatic rings. The van der Waals surface area contributed by atoms with Crippen LogP contribution in [0.3, 0.4) is 0 Å². The molecule has 0 aliphatic carbocycles. The fourth-order valence-electron chi connectivity index (χ4n) is 1.56. The second kappa shape index (κ2) is 5.32. The van der Waals surface area contributed by atoms with Gasteiger partial charge in [0.25, 0.3) is 5.56 Å². The zero-order valence-electron chi connectivity index (χ0n) is 9.45. The maximum Gasteiger partial charge on any atom is 0.282 e. The number of aryl methyl sites for hydroxylation is 1. The van der Waals surface area contributed by atoms with Gasteiger partial charge >= 0.3 is 0 Å². The number of rotatable bonds is 2. The SMILES string of the molecule is Cc1cc(F)ccc1Cn1ncc(Br)c(Br)c1=O. The van der Waals surface area contributed by atoms with Crippen LogP contribution in [0.4, 0.5) is 4.39 Å². The van der Waals surface area contributed by atoms with Crippen molar-refractivity contribution < 1.29 is 4.39 Å². The van der Waals surface area contributed by atoms with Crippen molar-refractivity contribution in [3.05, 3.63) is 60.6 Å². The Labute approximate surface area is 120 Å². The second-order valence-corrected chi connectivity index (χ2v) is 5.49. The monoisotopic (exact) mass is 374 g/mol. The summed E-state index contributed by atoms with van der Waals surface area (Å²) in [4.78, 5) is 11.9. The van der Waals surface area contributed by atoms with E-state index in [9.17, 15) is 9.18 Å². The van der Waals surface area contributed by atoms with Gasteiger partial charge in [0.2, 0.25) is 0 Å². The quantitative estimate of drug-likeness (QED) is 0.807. The molecule has 2 rings (SSSR count). The average Bonchev–Trinajstić information content (AvgIpc) is 2.33. The van der Waals surface area contributed by atoms with Gasteiger partial charge in [0, 0.05) is 0 Å². The summed E-state index contributed by atoms with van der Waals surface area (Å²) in [6.07, 6.45) is 1.55. The van der Waals surface area contributed by atoms with Gasteiger partial charge in [-0.05, 0) is 62.0 Å². The number of benzene rings is 1. The van der Waals surface area contributed by atoms with Gasteiger partial charge in [-0.1, -0.05) is 6.07 Å². The lowest BCUT2D eigenvalue weighted by molar-refractivity contribution is 0.614. The largest absolute Gasteiger partial charge is 0.282 e. The maximum atomic E-state index is 13.0. The zero-order valence-corrected chi connectivity index (χ0v) is 12.6. The number of aromatic nitrogens is 2. The fourth-order valence-corrected chi connectivity index (χ4v) is 2.12. The molecule has 6 heteroatoms. The molecule has 0 saturated carbocycles. The Hall–Kier alpha value is -1.01. The summed E-state index contributed by atoms with van der Waals surface area (Å²) in [5, 5.41) is 4.03. The Morgan fingerprint density at radius 2 is 2.11 bits per heavy atom. The van der Waals surface area contributed by atoms with Crippen LogP contribution in [0.15, 0.2) is 38.1 Å². The lowest BCUT2D eigenvalue weighted by Gasteiger charge is -2.08. The van der Waals surface area contributed by atoms with Crippen LogP contribution in [-0.2, 0) is 6.54 Å². The van der Waals surface area contributed by atoms with E-state index in [0.29, 0.717) is 15.5 Å². The van der Waals surface area contributed by atoms with Crippen molar-refractivity contribution >= 4 is 31.9 Å². The van der Waals surface area contributed by atoms with Crippen LogP contribution in [0.1, 0.15) is 11.1 Å². The summed E-state index contributed by atoms with van der Waals surface area (Å²) in [5.74, 6) is -0.284. The zero-order chi connectivity index (χ0) is 13.3. The van der Waals surface area contributed by atoms with Crippen LogP contribution in [0, 0.1) is 12.7 Å². The summed E-state index contributed by atoms with van der Waals surface area (Å²) in [7, 11) is 0. The third kappa shape index (κ3) is 2.70. The van der Waals surface area contributed by atoms with Gasteiger partial charge in [-0.25, -0.2) is 9.07 Å². The first-order valence-electron chi connectivity index (χ1n) is 5.15. The Morgan fingerprint density at radius 3 is 2.78 bits per heavy atom. The molecule has 18 heavy (non-hydrogen) atoms. The third-order valence-electron chi connectivity index (χ3n) is 2.57. The van der Waals surface area contributed by atoms with Crippen molar-refractivity contribution in [3.63, 3.8) is 0 Å². The predicted molar refractivity (Wildman–Crippen MR) is 74.1 cm³/mol. The Morgan fingerprint density at radius 1 is 1.39 bits per heavy atom. The van der Waals surface area contributed by atoms with Gasteiger partial charge in [-0.2, -0.15) is 5.10 Å². The van der Waals surface area contributed by atoms with Gasteiger partial charge in [-0.15, -0.1) is 0 Å². The Kier molecular flexibility index (Phi) is 3.97. The van der Waals surface area contributed by atoms with Crippen LogP contribution >= 0.6 is 31.9 Å². The first kappa shape index (κ1) is 13.4. The highest BCUT2D eigenvalue weighted by atomic mass is 79.9. The van der Waals surface area contributed by atoms with Gasteiger partial charge in [-0.3, -0.25) is 4.79 Å². The fraction of sp³-hybridized carbons (Fsp3) is 0.167. The van der Waals surface area contributed by atoms with Crippen molar-refractivity contribution in [3.8, 4) is 0 Å².